The molecule has 1 heterocycles. The van der Waals surface area contributed by atoms with Gasteiger partial charge in [-0.05, 0) is 34.1 Å². The quantitative estimate of drug-likeness (QED) is 0.863. The van der Waals surface area contributed by atoms with Crippen molar-refractivity contribution in [2.24, 2.45) is 0 Å². The molecule has 2 aromatic rings. The fraction of sp³-hybridized carbons (Fsp3) is 0.100. The molecule has 0 unspecified atom stereocenters. The van der Waals surface area contributed by atoms with Crippen LogP contribution in [0.5, 0.6) is 0 Å². The molecule has 5 nitrogen and oxygen atoms in total. The van der Waals surface area contributed by atoms with E-state index in [1.165, 1.54) is 18.2 Å². The predicted octanol–water partition coefficient (Wildman–Crippen LogP) is 3.76. The highest BCUT2D eigenvalue weighted by Gasteiger charge is 2.35. The summed E-state index contributed by atoms with van der Waals surface area (Å²) in [5, 5.41) is 16.7. The van der Waals surface area contributed by atoms with E-state index in [1.807, 2.05) is 0 Å². The number of hydrogen-bond donors (Lipinski definition) is 2. The summed E-state index contributed by atoms with van der Waals surface area (Å²) in [6.45, 7) is 0. The number of halogens is 4. The third kappa shape index (κ3) is 3.25. The Morgan fingerprint density at radius 1 is 1.35 bits per heavy atom. The summed E-state index contributed by atoms with van der Waals surface area (Å²) < 4.78 is 37.4. The molecule has 1 aromatic heterocycles. The molecular formula is C10H5BrF3N3O2S. The topological polar surface area (TPSA) is 75.1 Å². The number of nitrogens with one attached hydrogen (secondary N) is 1. The van der Waals surface area contributed by atoms with Crippen LogP contribution in [0.25, 0.3) is 0 Å². The Morgan fingerprint density at radius 3 is 2.60 bits per heavy atom. The number of nitrogens with zero attached hydrogens (tertiary/aromatic N) is 2. The molecule has 0 aliphatic rings. The van der Waals surface area contributed by atoms with Crippen LogP contribution in [0.3, 0.4) is 0 Å². The number of alkyl halides is 3. The molecule has 0 saturated heterocycles. The standard InChI is InChI=1S/C10H5BrF3N3O2S/c11-6-2-1-4(3-5(6)7(18)19)15-9-17-16-8(20-9)10(12,13)14/h1-3H,(H,15,17)(H,18,19). The molecule has 0 bridgehead atoms. The highest BCUT2D eigenvalue weighted by molar-refractivity contribution is 9.10. The molecule has 2 rings (SSSR count). The van der Waals surface area contributed by atoms with Crippen LogP contribution in [0.4, 0.5) is 24.0 Å². The Balaban J connectivity index is 2.24. The van der Waals surface area contributed by atoms with E-state index in [-0.39, 0.29) is 10.7 Å². The van der Waals surface area contributed by atoms with Gasteiger partial charge in [0.05, 0.1) is 5.56 Å². The Hall–Kier alpha value is -1.68. The molecule has 0 saturated carbocycles. The lowest BCUT2D eigenvalue weighted by molar-refractivity contribution is -0.138. The molecule has 0 spiro atoms. The van der Waals surface area contributed by atoms with Gasteiger partial charge in [0.2, 0.25) is 10.1 Å². The van der Waals surface area contributed by atoms with Crippen LogP contribution in [0.15, 0.2) is 22.7 Å². The van der Waals surface area contributed by atoms with Gasteiger partial charge in [-0.3, -0.25) is 0 Å². The van der Waals surface area contributed by atoms with Crippen LogP contribution in [-0.4, -0.2) is 21.3 Å². The van der Waals surface area contributed by atoms with E-state index >= 15 is 0 Å². The Labute approximate surface area is 122 Å². The zero-order valence-electron chi connectivity index (χ0n) is 9.40. The van der Waals surface area contributed by atoms with E-state index in [1.54, 1.807) is 0 Å². The molecule has 20 heavy (non-hydrogen) atoms. The summed E-state index contributed by atoms with van der Waals surface area (Å²) in [6.07, 6.45) is -4.55. The van der Waals surface area contributed by atoms with Crippen molar-refractivity contribution in [3.05, 3.63) is 33.2 Å². The van der Waals surface area contributed by atoms with Gasteiger partial charge in [0.15, 0.2) is 0 Å². The van der Waals surface area contributed by atoms with Gasteiger partial charge in [0, 0.05) is 10.2 Å². The van der Waals surface area contributed by atoms with Crippen molar-refractivity contribution in [2.45, 2.75) is 6.18 Å². The van der Waals surface area contributed by atoms with E-state index in [4.69, 9.17) is 5.11 Å². The van der Waals surface area contributed by atoms with Crippen molar-refractivity contribution >= 4 is 44.1 Å². The predicted molar refractivity (Wildman–Crippen MR) is 69.3 cm³/mol. The first kappa shape index (κ1) is 14.7. The number of aromatic nitrogens is 2. The van der Waals surface area contributed by atoms with E-state index < -0.39 is 17.2 Å². The first-order valence-electron chi connectivity index (χ1n) is 4.98. The SMILES string of the molecule is O=C(O)c1cc(Nc2nnc(C(F)(F)F)s2)ccc1Br. The highest BCUT2D eigenvalue weighted by Crippen LogP contribution is 2.34. The molecule has 10 heteroatoms. The normalized spacial score (nSPS) is 11.4. The van der Waals surface area contributed by atoms with Crippen LogP contribution < -0.4 is 5.32 Å². The van der Waals surface area contributed by atoms with Gasteiger partial charge in [0.1, 0.15) is 0 Å². The molecule has 0 atom stereocenters. The lowest BCUT2D eigenvalue weighted by Gasteiger charge is -2.05. The second-order valence-corrected chi connectivity index (χ2v) is 5.37. The maximum absolute atomic E-state index is 12.4. The summed E-state index contributed by atoms with van der Waals surface area (Å²) in [5.41, 5.74) is 0.283. The molecule has 2 N–H and O–H groups in total. The summed E-state index contributed by atoms with van der Waals surface area (Å²) in [5.74, 6) is -1.16. The van der Waals surface area contributed by atoms with E-state index in [2.05, 4.69) is 31.4 Å². The Morgan fingerprint density at radius 2 is 2.05 bits per heavy atom. The van der Waals surface area contributed by atoms with Crippen LogP contribution in [0, 0.1) is 0 Å². The third-order valence-corrected chi connectivity index (χ3v) is 3.69. The average Bonchev–Trinajstić information content (AvgIpc) is 2.79. The lowest BCUT2D eigenvalue weighted by atomic mass is 10.2. The van der Waals surface area contributed by atoms with Gasteiger partial charge in [-0.2, -0.15) is 13.2 Å². The number of carboxylic acids is 1. The maximum atomic E-state index is 12.4. The second-order valence-electron chi connectivity index (χ2n) is 3.53. The van der Waals surface area contributed by atoms with Crippen LogP contribution in [0.2, 0.25) is 0 Å². The highest BCUT2D eigenvalue weighted by atomic mass is 79.9. The molecule has 0 aliphatic carbocycles. The van der Waals surface area contributed by atoms with Crippen molar-refractivity contribution in [3.63, 3.8) is 0 Å². The molecule has 1 aromatic carbocycles. The minimum Gasteiger partial charge on any atom is -0.478 e. The van der Waals surface area contributed by atoms with Crippen LogP contribution in [0.1, 0.15) is 15.4 Å². The van der Waals surface area contributed by atoms with Crippen LogP contribution >= 0.6 is 27.3 Å². The Kier molecular flexibility index (Phi) is 3.95. The number of anilines is 2. The van der Waals surface area contributed by atoms with Gasteiger partial charge in [-0.1, -0.05) is 11.3 Å². The first-order chi connectivity index (χ1) is 9.27. The van der Waals surface area contributed by atoms with Crippen molar-refractivity contribution in [2.75, 3.05) is 5.32 Å². The van der Waals surface area contributed by atoms with Gasteiger partial charge in [-0.15, -0.1) is 10.2 Å². The zero-order chi connectivity index (χ0) is 14.9. The zero-order valence-corrected chi connectivity index (χ0v) is 11.8. The van der Waals surface area contributed by atoms with Crippen molar-refractivity contribution < 1.29 is 23.1 Å². The number of aromatic carboxylic acids is 1. The monoisotopic (exact) mass is 367 g/mol. The van der Waals surface area contributed by atoms with E-state index in [9.17, 15) is 18.0 Å². The lowest BCUT2D eigenvalue weighted by Crippen LogP contribution is -2.03. The molecule has 0 fully saturated rings. The van der Waals surface area contributed by atoms with Gasteiger partial charge in [-0.25, -0.2) is 4.79 Å². The maximum Gasteiger partial charge on any atom is 0.445 e. The van der Waals surface area contributed by atoms with Gasteiger partial charge >= 0.3 is 12.1 Å². The van der Waals surface area contributed by atoms with Gasteiger partial charge < -0.3 is 10.4 Å². The Bertz CT molecular complexity index is 659. The van der Waals surface area contributed by atoms with Gasteiger partial charge in [0.25, 0.3) is 0 Å². The molecule has 106 valence electrons. The molecule has 0 radical (unpaired) electrons. The second kappa shape index (κ2) is 5.37. The first-order valence-corrected chi connectivity index (χ1v) is 6.59. The van der Waals surface area contributed by atoms with E-state index in [0.717, 1.165) is 0 Å². The minimum absolute atomic E-state index is 0.0180. The summed E-state index contributed by atoms with van der Waals surface area (Å²) >= 11 is 3.40. The summed E-state index contributed by atoms with van der Waals surface area (Å²) in [4.78, 5) is 10.9. The fourth-order valence-electron chi connectivity index (χ4n) is 1.28. The summed E-state index contributed by atoms with van der Waals surface area (Å²) in [6, 6.07) is 4.25. The fourth-order valence-corrected chi connectivity index (χ4v) is 2.33. The number of benzene rings is 1. The minimum atomic E-state index is -4.55. The van der Waals surface area contributed by atoms with Crippen LogP contribution in [-0.2, 0) is 6.18 Å². The average molecular weight is 368 g/mol. The van der Waals surface area contributed by atoms with E-state index in [0.29, 0.717) is 21.5 Å². The largest absolute Gasteiger partial charge is 0.478 e. The molecule has 0 aliphatic heterocycles. The number of hydrogen-bond acceptors (Lipinski definition) is 5. The molecular weight excluding hydrogens is 363 g/mol. The van der Waals surface area contributed by atoms with Crippen molar-refractivity contribution in [1.29, 1.82) is 0 Å². The number of carbonyl (C=O) groups is 1. The molecule has 0 amide bonds. The smallest absolute Gasteiger partial charge is 0.445 e. The number of rotatable bonds is 3. The van der Waals surface area contributed by atoms with Crippen molar-refractivity contribution in [1.82, 2.24) is 10.2 Å². The van der Waals surface area contributed by atoms with Crippen molar-refractivity contribution in [3.8, 4) is 0 Å². The third-order valence-electron chi connectivity index (χ3n) is 2.12. The number of carboxylic acid groups (broad SMARTS) is 1. The summed E-state index contributed by atoms with van der Waals surface area (Å²) in [7, 11) is 0.